The Balaban J connectivity index is 1.13. The molecule has 0 aliphatic carbocycles. The number of fused-ring (bicyclic) bond motifs is 14. The van der Waals surface area contributed by atoms with Crippen LogP contribution in [0.15, 0.2) is 201 Å². The van der Waals surface area contributed by atoms with Crippen molar-refractivity contribution >= 4 is 123 Å². The fourth-order valence-corrected chi connectivity index (χ4v) is 10.3. The standard InChI is InChI=1S/C54H31BN2O3/c1-3-13-32(14-4-1)56(33-15-5-2-6-16-33)44-24-25-45-54-53(44)41-28-39-36-18-8-11-21-48(36)59-51(39)30-42(41)55(54)43-31-52-40(37-19-9-12-22-49(37)60-52)29-46(43)57(45)34-23-26-50-38(27-34)35-17-7-10-20-47(35)58-50/h1-31H. The smallest absolute Gasteiger partial charge is 0.248 e. The molecular formula is C54H31BN2O3. The van der Waals surface area contributed by atoms with Gasteiger partial charge in [-0.15, -0.1) is 0 Å². The van der Waals surface area contributed by atoms with Crippen molar-refractivity contribution in [2.75, 3.05) is 9.80 Å². The Morgan fingerprint density at radius 1 is 0.383 bits per heavy atom. The predicted octanol–water partition coefficient (Wildman–Crippen LogP) is 13.1. The first-order valence-electron chi connectivity index (χ1n) is 20.4. The molecule has 6 heteroatoms. The van der Waals surface area contributed by atoms with E-state index in [2.05, 4.69) is 174 Å². The first-order valence-corrected chi connectivity index (χ1v) is 20.4. The Morgan fingerprint density at radius 3 is 1.53 bits per heavy atom. The molecule has 2 aliphatic heterocycles. The van der Waals surface area contributed by atoms with Gasteiger partial charge in [0.05, 0.1) is 5.69 Å². The molecule has 0 saturated heterocycles. The topological polar surface area (TPSA) is 45.9 Å². The van der Waals surface area contributed by atoms with E-state index in [0.717, 1.165) is 99.9 Å². The van der Waals surface area contributed by atoms with Crippen LogP contribution in [0.25, 0.3) is 76.9 Å². The molecule has 0 radical (unpaired) electrons. The van der Waals surface area contributed by atoms with Gasteiger partial charge in [0.2, 0.25) is 6.71 Å². The quantitative estimate of drug-likeness (QED) is 0.167. The molecule has 0 unspecified atom stereocenters. The van der Waals surface area contributed by atoms with E-state index in [-0.39, 0.29) is 6.71 Å². The van der Waals surface area contributed by atoms with Gasteiger partial charge in [0.25, 0.3) is 0 Å². The molecule has 14 rings (SSSR count). The summed E-state index contributed by atoms with van der Waals surface area (Å²) >= 11 is 0. The first-order chi connectivity index (χ1) is 29.7. The number of hydrogen-bond donors (Lipinski definition) is 0. The minimum Gasteiger partial charge on any atom is -0.456 e. The van der Waals surface area contributed by atoms with Crippen LogP contribution in [-0.2, 0) is 0 Å². The molecular weight excluding hydrogens is 735 g/mol. The molecule has 5 nitrogen and oxygen atoms in total. The molecule has 0 atom stereocenters. The normalized spacial score (nSPS) is 12.9. The lowest BCUT2D eigenvalue weighted by atomic mass is 9.37. The van der Waals surface area contributed by atoms with Crippen molar-refractivity contribution in [1.82, 2.24) is 0 Å². The van der Waals surface area contributed by atoms with Crippen LogP contribution in [0.1, 0.15) is 0 Å². The van der Waals surface area contributed by atoms with Crippen LogP contribution in [0.2, 0.25) is 0 Å². The van der Waals surface area contributed by atoms with Gasteiger partial charge in [-0.05, 0) is 114 Å². The summed E-state index contributed by atoms with van der Waals surface area (Å²) in [6.07, 6.45) is 0. The zero-order valence-electron chi connectivity index (χ0n) is 32.1. The number of benzene rings is 9. The van der Waals surface area contributed by atoms with Crippen molar-refractivity contribution in [2.24, 2.45) is 0 Å². The minimum absolute atomic E-state index is 0.0988. The molecule has 12 aromatic rings. The summed E-state index contributed by atoms with van der Waals surface area (Å²) in [6, 6.07) is 67.1. The molecule has 9 aromatic carbocycles. The second kappa shape index (κ2) is 11.8. The van der Waals surface area contributed by atoms with Gasteiger partial charge in [0, 0.05) is 66.3 Å². The highest BCUT2D eigenvalue weighted by atomic mass is 16.3. The average molecular weight is 767 g/mol. The van der Waals surface area contributed by atoms with Crippen molar-refractivity contribution in [2.45, 2.75) is 0 Å². The third kappa shape index (κ3) is 4.31. The number of rotatable bonds is 4. The third-order valence-corrected chi connectivity index (χ3v) is 12.8. The molecule has 0 amide bonds. The molecule has 5 heterocycles. The summed E-state index contributed by atoms with van der Waals surface area (Å²) in [5.41, 5.74) is 18.0. The van der Waals surface area contributed by atoms with E-state index >= 15 is 0 Å². The van der Waals surface area contributed by atoms with E-state index in [4.69, 9.17) is 13.3 Å². The maximum absolute atomic E-state index is 6.67. The van der Waals surface area contributed by atoms with Gasteiger partial charge in [-0.25, -0.2) is 0 Å². The Kier molecular flexibility index (Phi) is 6.31. The van der Waals surface area contributed by atoms with Gasteiger partial charge in [-0.1, -0.05) is 96.5 Å². The SMILES string of the molecule is c1ccc(N(c2ccccc2)c2ccc3c4c2-c2cc5c(cc2B4c2cc4oc6ccccc6c4cc2N3c2ccc3oc4ccccc4c3c2)oc2ccccc25)cc1. The highest BCUT2D eigenvalue weighted by Gasteiger charge is 2.45. The zero-order valence-corrected chi connectivity index (χ0v) is 32.1. The zero-order chi connectivity index (χ0) is 39.1. The Labute approximate surface area is 344 Å². The minimum atomic E-state index is -0.0988. The summed E-state index contributed by atoms with van der Waals surface area (Å²) in [6.45, 7) is -0.0988. The first kappa shape index (κ1) is 32.1. The highest BCUT2D eigenvalue weighted by molar-refractivity contribution is 7.01. The van der Waals surface area contributed by atoms with E-state index in [9.17, 15) is 0 Å². The Bertz CT molecular complexity index is 3710. The lowest BCUT2D eigenvalue weighted by Gasteiger charge is -2.37. The van der Waals surface area contributed by atoms with Gasteiger partial charge in [-0.2, -0.15) is 0 Å². The van der Waals surface area contributed by atoms with E-state index in [1.54, 1.807) is 0 Å². The lowest BCUT2D eigenvalue weighted by Crippen LogP contribution is -2.54. The number of hydrogen-bond acceptors (Lipinski definition) is 5. The maximum atomic E-state index is 6.67. The van der Waals surface area contributed by atoms with Crippen LogP contribution >= 0.6 is 0 Å². The average Bonchev–Trinajstić information content (AvgIpc) is 4.05. The molecule has 278 valence electrons. The lowest BCUT2D eigenvalue weighted by molar-refractivity contribution is 0.668. The van der Waals surface area contributed by atoms with Crippen LogP contribution in [-0.4, -0.2) is 6.71 Å². The molecule has 3 aromatic heterocycles. The predicted molar refractivity (Wildman–Crippen MR) is 248 cm³/mol. The number of furan rings is 3. The van der Waals surface area contributed by atoms with Crippen LogP contribution in [0.4, 0.5) is 34.1 Å². The fraction of sp³-hybridized carbons (Fsp3) is 0. The monoisotopic (exact) mass is 766 g/mol. The summed E-state index contributed by atoms with van der Waals surface area (Å²) < 4.78 is 19.7. The van der Waals surface area contributed by atoms with Crippen molar-refractivity contribution in [3.05, 3.63) is 188 Å². The van der Waals surface area contributed by atoms with Crippen LogP contribution in [0, 0.1) is 0 Å². The maximum Gasteiger partial charge on any atom is 0.248 e. The summed E-state index contributed by atoms with van der Waals surface area (Å²) in [5.74, 6) is 0. The van der Waals surface area contributed by atoms with Gasteiger partial charge in [0.1, 0.15) is 33.5 Å². The van der Waals surface area contributed by atoms with Crippen LogP contribution in [0.5, 0.6) is 0 Å². The van der Waals surface area contributed by atoms with Gasteiger partial charge in [-0.3, -0.25) is 0 Å². The Morgan fingerprint density at radius 2 is 0.900 bits per heavy atom. The van der Waals surface area contributed by atoms with Crippen molar-refractivity contribution < 1.29 is 13.3 Å². The van der Waals surface area contributed by atoms with Crippen molar-refractivity contribution in [1.29, 1.82) is 0 Å². The Hall–Kier alpha value is -7.96. The number of para-hydroxylation sites is 5. The summed E-state index contributed by atoms with van der Waals surface area (Å²) in [7, 11) is 0. The largest absolute Gasteiger partial charge is 0.456 e. The molecule has 0 saturated carbocycles. The fourth-order valence-electron chi connectivity index (χ4n) is 10.3. The number of nitrogens with zero attached hydrogens (tertiary/aromatic N) is 2. The second-order valence-electron chi connectivity index (χ2n) is 16.0. The molecule has 0 bridgehead atoms. The highest BCUT2D eigenvalue weighted by Crippen LogP contribution is 2.49. The van der Waals surface area contributed by atoms with Gasteiger partial charge < -0.3 is 23.1 Å². The van der Waals surface area contributed by atoms with Crippen LogP contribution < -0.4 is 26.2 Å². The molecule has 0 N–H and O–H groups in total. The van der Waals surface area contributed by atoms with E-state index < -0.39 is 0 Å². The molecule has 2 aliphatic rings. The second-order valence-corrected chi connectivity index (χ2v) is 16.0. The molecule has 0 spiro atoms. The van der Waals surface area contributed by atoms with Gasteiger partial charge in [0.15, 0.2) is 0 Å². The van der Waals surface area contributed by atoms with Crippen LogP contribution in [0.3, 0.4) is 0 Å². The summed E-state index contributed by atoms with van der Waals surface area (Å²) in [4.78, 5) is 4.88. The number of anilines is 6. The van der Waals surface area contributed by atoms with E-state index in [0.29, 0.717) is 0 Å². The van der Waals surface area contributed by atoms with E-state index in [1.165, 1.54) is 27.5 Å². The van der Waals surface area contributed by atoms with Gasteiger partial charge >= 0.3 is 0 Å². The van der Waals surface area contributed by atoms with Crippen molar-refractivity contribution in [3.63, 3.8) is 0 Å². The summed E-state index contributed by atoms with van der Waals surface area (Å²) in [5, 5.41) is 6.61. The molecule has 60 heavy (non-hydrogen) atoms. The third-order valence-electron chi connectivity index (χ3n) is 12.8. The molecule has 0 fully saturated rings. The van der Waals surface area contributed by atoms with E-state index in [1.807, 2.05) is 24.3 Å². The van der Waals surface area contributed by atoms with Crippen molar-refractivity contribution in [3.8, 4) is 11.1 Å².